The van der Waals surface area contributed by atoms with Crippen LogP contribution < -0.4 is 9.46 Å². The molecule has 7 nitrogen and oxygen atoms in total. The van der Waals surface area contributed by atoms with E-state index in [9.17, 15) is 13.2 Å². The van der Waals surface area contributed by atoms with Gasteiger partial charge in [0.05, 0.1) is 11.9 Å². The zero-order chi connectivity index (χ0) is 27.7. The van der Waals surface area contributed by atoms with Crippen LogP contribution in [0, 0.1) is 5.92 Å². The molecule has 4 rings (SSSR count). The van der Waals surface area contributed by atoms with Crippen LogP contribution in [-0.2, 0) is 21.4 Å². The van der Waals surface area contributed by atoms with Crippen LogP contribution in [0.1, 0.15) is 76.7 Å². The van der Waals surface area contributed by atoms with E-state index in [1.165, 1.54) is 37.7 Å². The van der Waals surface area contributed by atoms with Crippen molar-refractivity contribution in [1.29, 1.82) is 0 Å². The van der Waals surface area contributed by atoms with Gasteiger partial charge in [0.15, 0.2) is 5.75 Å². The number of rotatable bonds is 12. The zero-order valence-corrected chi connectivity index (χ0v) is 25.6. The summed E-state index contributed by atoms with van der Waals surface area (Å²) in [5, 5.41) is 0. The van der Waals surface area contributed by atoms with E-state index in [2.05, 4.69) is 33.6 Å². The third-order valence-electron chi connectivity index (χ3n) is 8.00. The Balaban J connectivity index is 0.00000441. The van der Waals surface area contributed by atoms with Crippen molar-refractivity contribution in [3.05, 3.63) is 54.1 Å². The third kappa shape index (κ3) is 9.96. The van der Waals surface area contributed by atoms with Crippen molar-refractivity contribution >= 4 is 34.0 Å². The second kappa shape index (κ2) is 15.6. The molecule has 0 unspecified atom stereocenters. The summed E-state index contributed by atoms with van der Waals surface area (Å²) >= 11 is 0. The number of carbonyl (C=O) groups is 1. The van der Waals surface area contributed by atoms with Crippen LogP contribution in [-0.4, -0.2) is 56.1 Å². The lowest BCUT2D eigenvalue weighted by atomic mass is 9.86. The summed E-state index contributed by atoms with van der Waals surface area (Å²) in [5.74, 6) is 2.09. The summed E-state index contributed by atoms with van der Waals surface area (Å²) in [7, 11) is -3.40. The second-order valence-electron chi connectivity index (χ2n) is 11.3. The van der Waals surface area contributed by atoms with E-state index in [0.717, 1.165) is 64.5 Å². The molecule has 1 saturated carbocycles. The topological polar surface area (TPSA) is 79.0 Å². The number of hydrogen-bond donors (Lipinski definition) is 1. The van der Waals surface area contributed by atoms with Crippen molar-refractivity contribution in [2.24, 2.45) is 5.92 Å². The fourth-order valence-electron chi connectivity index (χ4n) is 5.87. The maximum absolute atomic E-state index is 13.3. The number of piperidine rings is 1. The molecule has 0 atom stereocenters. The van der Waals surface area contributed by atoms with E-state index < -0.39 is 10.0 Å². The van der Waals surface area contributed by atoms with Crippen LogP contribution in [0.25, 0.3) is 0 Å². The number of nitrogens with one attached hydrogen (secondary N) is 1. The van der Waals surface area contributed by atoms with Crippen LogP contribution in [0.2, 0.25) is 0 Å². The highest BCUT2D eigenvalue weighted by Gasteiger charge is 2.29. The molecule has 1 aliphatic carbocycles. The fraction of sp³-hybridized carbons (Fsp3) is 0.581. The van der Waals surface area contributed by atoms with Gasteiger partial charge in [-0.15, -0.1) is 12.4 Å². The number of amides is 1. The van der Waals surface area contributed by atoms with Crippen LogP contribution in [0.15, 0.2) is 48.5 Å². The Labute approximate surface area is 247 Å². The van der Waals surface area contributed by atoms with Crippen molar-refractivity contribution in [2.75, 3.05) is 30.6 Å². The number of carbonyl (C=O) groups excluding carboxylic acids is 1. The Morgan fingerprint density at radius 2 is 1.68 bits per heavy atom. The number of benzene rings is 2. The average Bonchev–Trinajstić information content (AvgIpc) is 2.92. The minimum atomic E-state index is -3.40. The lowest BCUT2D eigenvalue weighted by Crippen LogP contribution is -2.48. The van der Waals surface area contributed by atoms with E-state index in [4.69, 9.17) is 4.74 Å². The first-order valence-corrected chi connectivity index (χ1v) is 16.6. The Morgan fingerprint density at radius 1 is 1.00 bits per heavy atom. The Morgan fingerprint density at radius 3 is 2.33 bits per heavy atom. The Kier molecular flexibility index (Phi) is 12.6. The number of ether oxygens (including phenoxy) is 1. The first kappa shape index (κ1) is 32.2. The van der Waals surface area contributed by atoms with Gasteiger partial charge in [0.2, 0.25) is 15.9 Å². The third-order valence-corrected chi connectivity index (χ3v) is 8.59. The Bertz CT molecular complexity index is 1160. The minimum Gasteiger partial charge on any atom is -0.455 e. The highest BCUT2D eigenvalue weighted by atomic mass is 35.5. The minimum absolute atomic E-state index is 0. The van der Waals surface area contributed by atoms with Crippen molar-refractivity contribution in [3.8, 4) is 11.5 Å². The van der Waals surface area contributed by atoms with Crippen LogP contribution in [0.5, 0.6) is 11.5 Å². The number of para-hydroxylation sites is 2. The van der Waals surface area contributed by atoms with Crippen molar-refractivity contribution in [2.45, 2.75) is 83.7 Å². The summed E-state index contributed by atoms with van der Waals surface area (Å²) in [6.07, 6.45) is 12.5. The molecule has 2 aromatic rings. The summed E-state index contributed by atoms with van der Waals surface area (Å²) in [4.78, 5) is 18.0. The van der Waals surface area contributed by atoms with E-state index in [1.54, 1.807) is 18.2 Å². The van der Waals surface area contributed by atoms with Crippen molar-refractivity contribution < 1.29 is 17.9 Å². The quantitative estimate of drug-likeness (QED) is 0.292. The van der Waals surface area contributed by atoms with E-state index in [-0.39, 0.29) is 12.4 Å². The molecule has 0 aromatic heterocycles. The van der Waals surface area contributed by atoms with Crippen LogP contribution >= 0.6 is 12.4 Å². The van der Waals surface area contributed by atoms with Gasteiger partial charge in [-0.25, -0.2) is 8.42 Å². The molecule has 1 N–H and O–H groups in total. The average molecular weight is 592 g/mol. The monoisotopic (exact) mass is 591 g/mol. The molecule has 2 aliphatic rings. The molecule has 9 heteroatoms. The molecule has 1 amide bonds. The summed E-state index contributed by atoms with van der Waals surface area (Å²) in [5.41, 5.74) is 1.62. The van der Waals surface area contributed by atoms with E-state index in [1.807, 2.05) is 18.2 Å². The van der Waals surface area contributed by atoms with Gasteiger partial charge in [0.25, 0.3) is 0 Å². The van der Waals surface area contributed by atoms with Gasteiger partial charge in [0, 0.05) is 38.6 Å². The number of likely N-dealkylation sites (tertiary alicyclic amines) is 1. The first-order valence-electron chi connectivity index (χ1n) is 14.7. The predicted molar refractivity (Wildman–Crippen MR) is 165 cm³/mol. The molecule has 2 fully saturated rings. The SMILES string of the molecule is CCCCN(C(=O)CC1CCCCC1)C1CCN(Cc2ccc(Oc3ccccc3NS(C)(=O)=O)cc2)CC1.Cl. The van der Waals surface area contributed by atoms with Crippen molar-refractivity contribution in [3.63, 3.8) is 0 Å². The van der Waals surface area contributed by atoms with Gasteiger partial charge >= 0.3 is 0 Å². The van der Waals surface area contributed by atoms with Gasteiger partial charge in [-0.1, -0.05) is 56.9 Å². The first-order chi connectivity index (χ1) is 18.8. The lowest BCUT2D eigenvalue weighted by Gasteiger charge is -2.39. The molecule has 0 spiro atoms. The van der Waals surface area contributed by atoms with Gasteiger partial charge in [-0.2, -0.15) is 0 Å². The molecular weight excluding hydrogens is 546 g/mol. The van der Waals surface area contributed by atoms with Crippen LogP contribution in [0.3, 0.4) is 0 Å². The maximum atomic E-state index is 13.3. The number of nitrogens with zero attached hydrogens (tertiary/aromatic N) is 2. The molecule has 1 heterocycles. The maximum Gasteiger partial charge on any atom is 0.229 e. The normalized spacial score (nSPS) is 17.1. The summed E-state index contributed by atoms with van der Waals surface area (Å²) in [6, 6.07) is 15.4. The van der Waals surface area contributed by atoms with Gasteiger partial charge in [-0.05, 0) is 67.9 Å². The number of anilines is 1. The smallest absolute Gasteiger partial charge is 0.229 e. The highest BCUT2D eigenvalue weighted by molar-refractivity contribution is 7.92. The number of sulfonamides is 1. The van der Waals surface area contributed by atoms with Gasteiger partial charge in [-0.3, -0.25) is 14.4 Å². The predicted octanol–water partition coefficient (Wildman–Crippen LogP) is 6.84. The standard InChI is InChI=1S/C31H45N3O4S.ClH/c1-3-4-20-34(31(35)23-25-10-6-5-7-11-25)27-18-21-33(22-19-27)24-26-14-16-28(17-15-26)38-30-13-9-8-12-29(30)32-39(2,36)37;/h8-9,12-17,25,27,32H,3-7,10-11,18-24H2,1-2H3;1H. The largest absolute Gasteiger partial charge is 0.455 e. The number of halogens is 1. The van der Waals surface area contributed by atoms with E-state index in [0.29, 0.717) is 35.1 Å². The fourth-order valence-corrected chi connectivity index (χ4v) is 6.44. The number of unbranched alkanes of at least 4 members (excludes halogenated alkanes) is 1. The molecule has 2 aromatic carbocycles. The van der Waals surface area contributed by atoms with Gasteiger partial charge in [0.1, 0.15) is 5.75 Å². The molecule has 0 bridgehead atoms. The molecule has 1 aliphatic heterocycles. The molecule has 222 valence electrons. The highest BCUT2D eigenvalue weighted by Crippen LogP contribution is 2.31. The number of hydrogen-bond acceptors (Lipinski definition) is 5. The second-order valence-corrected chi connectivity index (χ2v) is 13.0. The Hall–Kier alpha value is -2.29. The van der Waals surface area contributed by atoms with E-state index >= 15 is 0 Å². The van der Waals surface area contributed by atoms with Crippen molar-refractivity contribution in [1.82, 2.24) is 9.80 Å². The molecule has 1 saturated heterocycles. The molecular formula is C31H46ClN3O4S. The molecule has 0 radical (unpaired) electrons. The summed E-state index contributed by atoms with van der Waals surface area (Å²) < 4.78 is 31.8. The lowest BCUT2D eigenvalue weighted by molar-refractivity contribution is -0.136. The zero-order valence-electron chi connectivity index (χ0n) is 24.0. The van der Waals surface area contributed by atoms with Crippen LogP contribution in [0.4, 0.5) is 5.69 Å². The molecule has 40 heavy (non-hydrogen) atoms. The van der Waals surface area contributed by atoms with Gasteiger partial charge < -0.3 is 9.64 Å². The summed E-state index contributed by atoms with van der Waals surface area (Å²) in [6.45, 7) is 5.95.